The van der Waals surface area contributed by atoms with Crippen molar-refractivity contribution in [3.8, 4) is 5.75 Å². The summed E-state index contributed by atoms with van der Waals surface area (Å²) in [5.74, 6) is 0.786. The van der Waals surface area contributed by atoms with Gasteiger partial charge >= 0.3 is 0 Å². The monoisotopic (exact) mass is 371 g/mol. The summed E-state index contributed by atoms with van der Waals surface area (Å²) in [4.78, 5) is 0. The van der Waals surface area contributed by atoms with E-state index in [1.54, 1.807) is 0 Å². The predicted octanol–water partition coefficient (Wildman–Crippen LogP) is 3.31. The van der Waals surface area contributed by atoms with Crippen LogP contribution in [0, 0.1) is 0 Å². The number of rotatable bonds is 3. The molecule has 0 aliphatic carbocycles. The van der Waals surface area contributed by atoms with E-state index in [0.717, 1.165) is 19.2 Å². The zero-order valence-corrected chi connectivity index (χ0v) is 11.4. The van der Waals surface area contributed by atoms with Gasteiger partial charge in [-0.15, -0.1) is 0 Å². The highest BCUT2D eigenvalue weighted by atomic mass is 79.9. The van der Waals surface area contributed by atoms with Crippen LogP contribution in [0.1, 0.15) is 0 Å². The summed E-state index contributed by atoms with van der Waals surface area (Å²) in [6.07, 6.45) is 0. The molecule has 0 fully saturated rings. The Labute approximate surface area is 102 Å². The molecule has 5 heteroatoms. The zero-order valence-electron chi connectivity index (χ0n) is 6.69. The molecule has 0 saturated heterocycles. The Morgan fingerprint density at radius 3 is 2.15 bits per heavy atom. The third-order valence-corrected chi connectivity index (χ3v) is 2.96. The molecule has 1 rings (SSSR count). The van der Waals surface area contributed by atoms with Gasteiger partial charge in [-0.25, -0.2) is 0 Å². The molecule has 0 heterocycles. The van der Waals surface area contributed by atoms with E-state index in [1.165, 1.54) is 0 Å². The largest absolute Gasteiger partial charge is 0.490 e. The van der Waals surface area contributed by atoms with Gasteiger partial charge in [0.25, 0.3) is 0 Å². The van der Waals surface area contributed by atoms with Crippen LogP contribution in [0.4, 0.5) is 0 Å². The lowest BCUT2D eigenvalue weighted by atomic mass is 10.3. The molecule has 0 aromatic heterocycles. The molecule has 72 valence electrons. The first-order valence-electron chi connectivity index (χ1n) is 3.62. The predicted molar refractivity (Wildman–Crippen MR) is 64.1 cm³/mol. The summed E-state index contributed by atoms with van der Waals surface area (Å²) in [6, 6.07) is 3.85. The molecule has 0 radical (unpaired) electrons. The average molecular weight is 374 g/mol. The minimum absolute atomic E-state index is 0.509. The fourth-order valence-electron chi connectivity index (χ4n) is 0.828. The highest BCUT2D eigenvalue weighted by molar-refractivity contribution is 9.11. The van der Waals surface area contributed by atoms with Crippen LogP contribution in [0.25, 0.3) is 0 Å². The molecule has 0 aliphatic rings. The second-order valence-electron chi connectivity index (χ2n) is 2.34. The molecular weight excluding hydrogens is 366 g/mol. The van der Waals surface area contributed by atoms with E-state index >= 15 is 0 Å². The average Bonchev–Trinajstić information content (AvgIpc) is 2.02. The number of hydrogen-bond acceptors (Lipinski definition) is 2. The molecule has 1 aromatic carbocycles. The van der Waals surface area contributed by atoms with Gasteiger partial charge in [0.15, 0.2) is 0 Å². The summed E-state index contributed by atoms with van der Waals surface area (Å²) >= 11 is 10.2. The van der Waals surface area contributed by atoms with Crippen molar-refractivity contribution in [2.24, 2.45) is 5.73 Å². The minimum atomic E-state index is 0.509. The maximum Gasteiger partial charge on any atom is 0.147 e. The van der Waals surface area contributed by atoms with Crippen molar-refractivity contribution in [3.05, 3.63) is 25.6 Å². The lowest BCUT2D eigenvalue weighted by Crippen LogP contribution is -2.11. The topological polar surface area (TPSA) is 35.2 Å². The molecule has 1 aromatic rings. The van der Waals surface area contributed by atoms with Gasteiger partial charge in [0.05, 0.1) is 8.95 Å². The van der Waals surface area contributed by atoms with Crippen molar-refractivity contribution < 1.29 is 4.74 Å². The summed E-state index contributed by atoms with van der Waals surface area (Å²) in [6.45, 7) is 1.02. The highest BCUT2D eigenvalue weighted by Gasteiger charge is 2.07. The van der Waals surface area contributed by atoms with Crippen LogP contribution in [-0.4, -0.2) is 13.2 Å². The van der Waals surface area contributed by atoms with Crippen molar-refractivity contribution in [1.82, 2.24) is 0 Å². The molecule has 0 bridgehead atoms. The molecule has 0 amide bonds. The highest BCUT2D eigenvalue weighted by Crippen LogP contribution is 2.36. The first kappa shape index (κ1) is 11.5. The molecule has 2 N–H and O–H groups in total. The Bertz CT molecular complexity index is 280. The Morgan fingerprint density at radius 2 is 1.69 bits per heavy atom. The van der Waals surface area contributed by atoms with E-state index in [9.17, 15) is 0 Å². The Hall–Kier alpha value is 0.420. The number of halogens is 3. The van der Waals surface area contributed by atoms with Crippen molar-refractivity contribution in [2.75, 3.05) is 13.2 Å². The minimum Gasteiger partial charge on any atom is -0.490 e. The molecule has 13 heavy (non-hydrogen) atoms. The molecule has 0 aliphatic heterocycles. The van der Waals surface area contributed by atoms with Gasteiger partial charge in [-0.05, 0) is 44.0 Å². The number of ether oxygens (including phenoxy) is 1. The van der Waals surface area contributed by atoms with Gasteiger partial charge in [-0.1, -0.05) is 15.9 Å². The smallest absolute Gasteiger partial charge is 0.147 e. The summed E-state index contributed by atoms with van der Waals surface area (Å²) in [7, 11) is 0. The van der Waals surface area contributed by atoms with Crippen LogP contribution in [-0.2, 0) is 0 Å². The fraction of sp³-hybridized carbons (Fsp3) is 0.250. The van der Waals surface area contributed by atoms with E-state index in [2.05, 4.69) is 47.8 Å². The fourth-order valence-corrected chi connectivity index (χ4v) is 3.32. The van der Waals surface area contributed by atoms with Gasteiger partial charge in [0.1, 0.15) is 12.4 Å². The van der Waals surface area contributed by atoms with Crippen LogP contribution >= 0.6 is 47.8 Å². The number of benzene rings is 1. The van der Waals surface area contributed by atoms with Gasteiger partial charge < -0.3 is 10.5 Å². The normalized spacial score (nSPS) is 10.2. The number of hydrogen-bond donors (Lipinski definition) is 1. The molecule has 2 nitrogen and oxygen atoms in total. The van der Waals surface area contributed by atoms with E-state index < -0.39 is 0 Å². The summed E-state index contributed by atoms with van der Waals surface area (Å²) in [5, 5.41) is 0. The molecular formula is C8H8Br3NO. The standard InChI is InChI=1S/C8H8Br3NO/c9-5-3-6(10)8(7(11)4-5)13-2-1-12/h3-4H,1-2,12H2. The maximum atomic E-state index is 5.43. The van der Waals surface area contributed by atoms with Gasteiger partial charge in [-0.2, -0.15) is 0 Å². The summed E-state index contributed by atoms with van der Waals surface area (Å²) in [5.41, 5.74) is 5.34. The van der Waals surface area contributed by atoms with Crippen molar-refractivity contribution in [2.45, 2.75) is 0 Å². The number of nitrogens with two attached hydrogens (primary N) is 1. The first-order chi connectivity index (χ1) is 6.15. The van der Waals surface area contributed by atoms with Crippen molar-refractivity contribution in [3.63, 3.8) is 0 Å². The SMILES string of the molecule is NCCOc1c(Br)cc(Br)cc1Br. The lowest BCUT2D eigenvalue weighted by molar-refractivity contribution is 0.324. The van der Waals surface area contributed by atoms with Crippen molar-refractivity contribution in [1.29, 1.82) is 0 Å². The van der Waals surface area contributed by atoms with Crippen LogP contribution in [0.15, 0.2) is 25.6 Å². The quantitative estimate of drug-likeness (QED) is 0.882. The Balaban J connectivity index is 2.92. The first-order valence-corrected chi connectivity index (χ1v) is 6.00. The van der Waals surface area contributed by atoms with Gasteiger partial charge in [0, 0.05) is 11.0 Å². The van der Waals surface area contributed by atoms with E-state index in [0.29, 0.717) is 13.2 Å². The van der Waals surface area contributed by atoms with Gasteiger partial charge in [0.2, 0.25) is 0 Å². The Morgan fingerprint density at radius 1 is 1.15 bits per heavy atom. The third-order valence-electron chi connectivity index (χ3n) is 1.33. The summed E-state index contributed by atoms with van der Waals surface area (Å²) < 4.78 is 8.23. The molecule has 0 unspecified atom stereocenters. The second kappa shape index (κ2) is 5.34. The third kappa shape index (κ3) is 3.23. The Kier molecular flexibility index (Phi) is 4.72. The molecule has 0 spiro atoms. The van der Waals surface area contributed by atoms with E-state index in [1.807, 2.05) is 12.1 Å². The molecule has 0 atom stereocenters. The second-order valence-corrected chi connectivity index (χ2v) is 4.96. The van der Waals surface area contributed by atoms with E-state index in [4.69, 9.17) is 10.5 Å². The van der Waals surface area contributed by atoms with Gasteiger partial charge in [-0.3, -0.25) is 0 Å². The van der Waals surface area contributed by atoms with E-state index in [-0.39, 0.29) is 0 Å². The zero-order chi connectivity index (χ0) is 9.84. The van der Waals surface area contributed by atoms with Crippen LogP contribution < -0.4 is 10.5 Å². The van der Waals surface area contributed by atoms with Crippen LogP contribution in [0.2, 0.25) is 0 Å². The molecule has 0 saturated carbocycles. The van der Waals surface area contributed by atoms with Crippen molar-refractivity contribution >= 4 is 47.8 Å². The van der Waals surface area contributed by atoms with Crippen LogP contribution in [0.3, 0.4) is 0 Å². The maximum absolute atomic E-state index is 5.43. The lowest BCUT2D eigenvalue weighted by Gasteiger charge is -2.09. The van der Waals surface area contributed by atoms with Crippen LogP contribution in [0.5, 0.6) is 5.75 Å².